The van der Waals surface area contributed by atoms with Gasteiger partial charge in [-0.25, -0.2) is 4.68 Å². The Kier molecular flexibility index (Phi) is 4.40. The van der Waals surface area contributed by atoms with Crippen LogP contribution in [0.1, 0.15) is 22.4 Å². The molecule has 0 radical (unpaired) electrons. The van der Waals surface area contributed by atoms with Gasteiger partial charge in [0, 0.05) is 16.9 Å². The highest BCUT2D eigenvalue weighted by Gasteiger charge is 2.11. The van der Waals surface area contributed by atoms with Crippen molar-refractivity contribution in [1.29, 1.82) is 0 Å². The lowest BCUT2D eigenvalue weighted by molar-refractivity contribution is 0.835. The number of halogens is 1. The second kappa shape index (κ2) is 6.49. The summed E-state index contributed by atoms with van der Waals surface area (Å²) in [5.41, 5.74) is 4.96. The topological polar surface area (TPSA) is 50.1 Å². The first-order valence-electron chi connectivity index (χ1n) is 7.64. The number of H-pyrrole nitrogens is 1. The SMILES string of the molecule is Cc1ccc(N=Cc2c(C)[nH]n(-c3cccc(Cl)c3)c2=O)c(C)c1. The molecule has 0 atom stereocenters. The largest absolute Gasteiger partial charge is 0.295 e. The molecule has 1 heterocycles. The van der Waals surface area contributed by atoms with E-state index in [1.807, 2.05) is 45.0 Å². The van der Waals surface area contributed by atoms with Gasteiger partial charge in [-0.05, 0) is 50.6 Å². The third kappa shape index (κ3) is 3.19. The molecule has 0 aliphatic carbocycles. The van der Waals surface area contributed by atoms with E-state index in [-0.39, 0.29) is 5.56 Å². The van der Waals surface area contributed by atoms with Crippen molar-refractivity contribution in [2.45, 2.75) is 20.8 Å². The molecular formula is C19H18ClN3O. The van der Waals surface area contributed by atoms with Crippen molar-refractivity contribution in [3.8, 4) is 5.69 Å². The number of aromatic nitrogens is 2. The van der Waals surface area contributed by atoms with Crippen LogP contribution in [0.5, 0.6) is 0 Å². The molecule has 1 N–H and O–H groups in total. The second-order valence-corrected chi connectivity index (χ2v) is 6.26. The minimum Gasteiger partial charge on any atom is -0.295 e. The predicted molar refractivity (Wildman–Crippen MR) is 99.3 cm³/mol. The second-order valence-electron chi connectivity index (χ2n) is 5.82. The van der Waals surface area contributed by atoms with Crippen LogP contribution in [0.25, 0.3) is 5.69 Å². The zero-order valence-electron chi connectivity index (χ0n) is 13.8. The van der Waals surface area contributed by atoms with Crippen molar-refractivity contribution >= 4 is 23.5 Å². The van der Waals surface area contributed by atoms with Crippen molar-refractivity contribution in [3.05, 3.63) is 80.2 Å². The van der Waals surface area contributed by atoms with Crippen molar-refractivity contribution in [2.24, 2.45) is 4.99 Å². The van der Waals surface area contributed by atoms with Gasteiger partial charge in [0.25, 0.3) is 5.56 Å². The van der Waals surface area contributed by atoms with E-state index in [0.717, 1.165) is 16.9 Å². The number of rotatable bonds is 3. The standard InChI is InChI=1S/C19H18ClN3O/c1-12-7-8-18(13(2)9-12)21-11-17-14(3)22-23(19(17)24)16-6-4-5-15(20)10-16/h4-11,22H,1-3H3. The summed E-state index contributed by atoms with van der Waals surface area (Å²) in [6.07, 6.45) is 1.62. The lowest BCUT2D eigenvalue weighted by Gasteiger charge is -2.01. The minimum atomic E-state index is -0.150. The number of aliphatic imine (C=N–C) groups is 1. The number of benzene rings is 2. The van der Waals surface area contributed by atoms with E-state index in [0.29, 0.717) is 16.3 Å². The molecule has 0 unspecified atom stereocenters. The van der Waals surface area contributed by atoms with Crippen LogP contribution in [0.3, 0.4) is 0 Å². The maximum Gasteiger partial charge on any atom is 0.280 e. The molecule has 0 amide bonds. The number of nitrogens with zero attached hydrogens (tertiary/aromatic N) is 2. The molecule has 24 heavy (non-hydrogen) atoms. The molecule has 0 fully saturated rings. The molecular weight excluding hydrogens is 322 g/mol. The fourth-order valence-electron chi connectivity index (χ4n) is 2.59. The molecule has 0 bridgehead atoms. The Morgan fingerprint density at radius 3 is 2.62 bits per heavy atom. The Hall–Kier alpha value is -2.59. The fraction of sp³-hybridized carbons (Fsp3) is 0.158. The lowest BCUT2D eigenvalue weighted by Crippen LogP contribution is -2.17. The van der Waals surface area contributed by atoms with Gasteiger partial charge >= 0.3 is 0 Å². The van der Waals surface area contributed by atoms with Crippen molar-refractivity contribution in [1.82, 2.24) is 9.78 Å². The number of aromatic amines is 1. The molecule has 0 aliphatic rings. The van der Waals surface area contributed by atoms with E-state index >= 15 is 0 Å². The summed E-state index contributed by atoms with van der Waals surface area (Å²) in [5, 5.41) is 3.65. The molecule has 0 spiro atoms. The monoisotopic (exact) mass is 339 g/mol. The highest BCUT2D eigenvalue weighted by Crippen LogP contribution is 2.19. The first-order valence-corrected chi connectivity index (χ1v) is 8.02. The normalized spacial score (nSPS) is 11.3. The lowest BCUT2D eigenvalue weighted by atomic mass is 10.1. The van der Waals surface area contributed by atoms with Crippen LogP contribution in [0.15, 0.2) is 52.3 Å². The van der Waals surface area contributed by atoms with E-state index in [4.69, 9.17) is 11.6 Å². The Bertz CT molecular complexity index is 983. The first-order chi connectivity index (χ1) is 11.5. The van der Waals surface area contributed by atoms with E-state index in [9.17, 15) is 4.79 Å². The summed E-state index contributed by atoms with van der Waals surface area (Å²) < 4.78 is 1.48. The van der Waals surface area contributed by atoms with Crippen LogP contribution >= 0.6 is 11.6 Å². The van der Waals surface area contributed by atoms with Crippen molar-refractivity contribution in [3.63, 3.8) is 0 Å². The maximum atomic E-state index is 12.7. The zero-order valence-corrected chi connectivity index (χ0v) is 14.6. The Morgan fingerprint density at radius 2 is 1.92 bits per heavy atom. The van der Waals surface area contributed by atoms with E-state index in [1.54, 1.807) is 18.3 Å². The van der Waals surface area contributed by atoms with Gasteiger partial charge in [-0.3, -0.25) is 14.9 Å². The van der Waals surface area contributed by atoms with Gasteiger partial charge in [-0.2, -0.15) is 0 Å². The van der Waals surface area contributed by atoms with Gasteiger partial charge in [0.05, 0.1) is 16.9 Å². The Morgan fingerprint density at radius 1 is 1.12 bits per heavy atom. The van der Waals surface area contributed by atoms with Gasteiger partial charge in [-0.1, -0.05) is 35.4 Å². The first kappa shape index (κ1) is 16.3. The van der Waals surface area contributed by atoms with Gasteiger partial charge in [-0.15, -0.1) is 0 Å². The molecule has 0 saturated heterocycles. The van der Waals surface area contributed by atoms with E-state index in [1.165, 1.54) is 10.2 Å². The minimum absolute atomic E-state index is 0.150. The zero-order chi connectivity index (χ0) is 17.3. The highest BCUT2D eigenvalue weighted by atomic mass is 35.5. The van der Waals surface area contributed by atoms with Crippen LogP contribution in [-0.4, -0.2) is 16.0 Å². The molecule has 122 valence electrons. The third-order valence-electron chi connectivity index (χ3n) is 3.87. The fourth-order valence-corrected chi connectivity index (χ4v) is 2.78. The van der Waals surface area contributed by atoms with E-state index < -0.39 is 0 Å². The van der Waals surface area contributed by atoms with Crippen LogP contribution in [0.2, 0.25) is 5.02 Å². The molecule has 3 aromatic rings. The molecule has 0 aliphatic heterocycles. The number of aryl methyl sites for hydroxylation is 3. The van der Waals surface area contributed by atoms with Crippen LogP contribution in [0.4, 0.5) is 5.69 Å². The average Bonchev–Trinajstić information content (AvgIpc) is 2.81. The van der Waals surface area contributed by atoms with Gasteiger partial charge in [0.15, 0.2) is 0 Å². The highest BCUT2D eigenvalue weighted by molar-refractivity contribution is 6.30. The van der Waals surface area contributed by atoms with Crippen LogP contribution in [0, 0.1) is 20.8 Å². The summed E-state index contributed by atoms with van der Waals surface area (Å²) in [6.45, 7) is 5.90. The van der Waals surface area contributed by atoms with Gasteiger partial charge < -0.3 is 0 Å². The van der Waals surface area contributed by atoms with Crippen molar-refractivity contribution in [2.75, 3.05) is 0 Å². The van der Waals surface area contributed by atoms with Crippen LogP contribution < -0.4 is 5.56 Å². The molecule has 1 aromatic heterocycles. The number of hydrogen-bond acceptors (Lipinski definition) is 2. The van der Waals surface area contributed by atoms with Gasteiger partial charge in [0.1, 0.15) is 0 Å². The summed E-state index contributed by atoms with van der Waals surface area (Å²) in [5.74, 6) is 0. The van der Waals surface area contributed by atoms with Gasteiger partial charge in [0.2, 0.25) is 0 Å². The Labute approximate surface area is 145 Å². The molecule has 2 aromatic carbocycles. The van der Waals surface area contributed by atoms with E-state index in [2.05, 4.69) is 16.2 Å². The molecule has 5 heteroatoms. The Balaban J connectivity index is 2.01. The summed E-state index contributed by atoms with van der Waals surface area (Å²) in [6, 6.07) is 13.2. The third-order valence-corrected chi connectivity index (χ3v) is 4.10. The van der Waals surface area contributed by atoms with Crippen LogP contribution in [-0.2, 0) is 0 Å². The summed E-state index contributed by atoms with van der Waals surface area (Å²) >= 11 is 6.01. The summed E-state index contributed by atoms with van der Waals surface area (Å²) in [4.78, 5) is 17.1. The molecule has 4 nitrogen and oxygen atoms in total. The number of hydrogen-bond donors (Lipinski definition) is 1. The molecule has 3 rings (SSSR count). The smallest absolute Gasteiger partial charge is 0.280 e. The predicted octanol–water partition coefficient (Wildman–Crippen LogP) is 4.49. The number of nitrogens with one attached hydrogen (secondary N) is 1. The molecule has 0 saturated carbocycles. The maximum absolute atomic E-state index is 12.7. The van der Waals surface area contributed by atoms with Crippen molar-refractivity contribution < 1.29 is 0 Å². The summed E-state index contributed by atoms with van der Waals surface area (Å²) in [7, 11) is 0. The quantitative estimate of drug-likeness (QED) is 0.702. The average molecular weight is 340 g/mol.